The number of hydrogen-bond donors (Lipinski definition) is 0. The first-order valence-electron chi connectivity index (χ1n) is 2.79. The lowest BCUT2D eigenvalue weighted by molar-refractivity contribution is 0.489. The number of benzene rings is 1. The Morgan fingerprint density at radius 2 is 2.30 bits per heavy atom. The summed E-state index contributed by atoms with van der Waals surface area (Å²) in [6.45, 7) is 0. The van der Waals surface area contributed by atoms with Gasteiger partial charge in [-0.05, 0) is 18.2 Å². The minimum absolute atomic E-state index is 0.234. The highest BCUT2D eigenvalue weighted by Crippen LogP contribution is 2.17. The fraction of sp³-hybridized carbons (Fsp3) is 0.143. The van der Waals surface area contributed by atoms with Crippen LogP contribution in [0.5, 0.6) is 0 Å². The third-order valence-corrected chi connectivity index (χ3v) is 1.59. The summed E-state index contributed by atoms with van der Waals surface area (Å²) in [7, 11) is 1.55. The summed E-state index contributed by atoms with van der Waals surface area (Å²) in [6.07, 6.45) is 0. The van der Waals surface area contributed by atoms with Crippen molar-refractivity contribution in [3.8, 4) is 0 Å². The van der Waals surface area contributed by atoms with Crippen LogP contribution in [0.25, 0.3) is 0 Å². The van der Waals surface area contributed by atoms with E-state index in [2.05, 4.69) is 0 Å². The van der Waals surface area contributed by atoms with Crippen molar-refractivity contribution >= 4 is 12.0 Å². The minimum Gasteiger partial charge on any atom is -0.314 e. The highest BCUT2D eigenvalue weighted by Gasteiger charge is 1.93. The molecule has 1 aromatic carbocycles. The van der Waals surface area contributed by atoms with Gasteiger partial charge >= 0.3 is 0 Å². The van der Waals surface area contributed by atoms with Crippen molar-refractivity contribution in [1.29, 1.82) is 0 Å². The van der Waals surface area contributed by atoms with E-state index in [0.29, 0.717) is 0 Å². The van der Waals surface area contributed by atoms with Crippen LogP contribution in [0.4, 0.5) is 4.39 Å². The van der Waals surface area contributed by atoms with Crippen LogP contribution < -0.4 is 0 Å². The van der Waals surface area contributed by atoms with Crippen LogP contribution in [0.15, 0.2) is 29.2 Å². The standard InChI is InChI=1S/C7H7FOS/c1-9-10-7-4-2-3-6(8)5-7/h2-5H,1H3. The highest BCUT2D eigenvalue weighted by molar-refractivity contribution is 7.94. The molecular weight excluding hydrogens is 151 g/mol. The van der Waals surface area contributed by atoms with Crippen LogP contribution in [0, 0.1) is 5.82 Å². The summed E-state index contributed by atoms with van der Waals surface area (Å²) in [4.78, 5) is 0.780. The first-order chi connectivity index (χ1) is 4.83. The maximum absolute atomic E-state index is 12.4. The van der Waals surface area contributed by atoms with Crippen molar-refractivity contribution in [1.82, 2.24) is 0 Å². The average molecular weight is 158 g/mol. The van der Waals surface area contributed by atoms with E-state index in [9.17, 15) is 4.39 Å². The van der Waals surface area contributed by atoms with Crippen molar-refractivity contribution in [3.63, 3.8) is 0 Å². The van der Waals surface area contributed by atoms with Crippen molar-refractivity contribution in [2.45, 2.75) is 4.90 Å². The van der Waals surface area contributed by atoms with E-state index in [1.54, 1.807) is 19.2 Å². The third kappa shape index (κ3) is 2.01. The van der Waals surface area contributed by atoms with Gasteiger partial charge in [-0.3, -0.25) is 0 Å². The van der Waals surface area contributed by atoms with E-state index in [-0.39, 0.29) is 5.82 Å². The molecule has 3 heteroatoms. The average Bonchev–Trinajstić information content (AvgIpc) is 1.88. The van der Waals surface area contributed by atoms with Gasteiger partial charge in [0.05, 0.1) is 7.11 Å². The summed E-state index contributed by atoms with van der Waals surface area (Å²) >= 11 is 1.15. The Labute approximate surface area is 63.4 Å². The molecule has 10 heavy (non-hydrogen) atoms. The molecule has 0 aliphatic carbocycles. The normalized spacial score (nSPS) is 9.80. The predicted octanol–water partition coefficient (Wildman–Crippen LogP) is 2.48. The van der Waals surface area contributed by atoms with Gasteiger partial charge in [0.25, 0.3) is 0 Å². The molecular formula is C7H7FOS. The smallest absolute Gasteiger partial charge is 0.124 e. The molecule has 0 fully saturated rings. The van der Waals surface area contributed by atoms with Gasteiger partial charge in [0, 0.05) is 16.9 Å². The van der Waals surface area contributed by atoms with E-state index in [1.807, 2.05) is 0 Å². The lowest BCUT2D eigenvalue weighted by Gasteiger charge is -1.95. The SMILES string of the molecule is COSc1cccc(F)c1. The second-order valence-electron chi connectivity index (χ2n) is 1.71. The van der Waals surface area contributed by atoms with E-state index < -0.39 is 0 Å². The van der Waals surface area contributed by atoms with Crippen molar-refractivity contribution in [3.05, 3.63) is 30.1 Å². The first kappa shape index (κ1) is 7.57. The summed E-state index contributed by atoms with van der Waals surface area (Å²) < 4.78 is 17.2. The van der Waals surface area contributed by atoms with E-state index in [1.165, 1.54) is 12.1 Å². The van der Waals surface area contributed by atoms with Gasteiger partial charge in [0.1, 0.15) is 5.82 Å². The number of halogens is 1. The second-order valence-corrected chi connectivity index (χ2v) is 2.68. The van der Waals surface area contributed by atoms with Crippen LogP contribution >= 0.6 is 12.0 Å². The summed E-state index contributed by atoms with van der Waals surface area (Å²) in [5, 5.41) is 0. The van der Waals surface area contributed by atoms with Crippen molar-refractivity contribution in [2.24, 2.45) is 0 Å². The number of hydrogen-bond acceptors (Lipinski definition) is 2. The second kappa shape index (κ2) is 3.58. The maximum Gasteiger partial charge on any atom is 0.124 e. The van der Waals surface area contributed by atoms with Gasteiger partial charge in [-0.1, -0.05) is 6.07 Å². The maximum atomic E-state index is 12.4. The van der Waals surface area contributed by atoms with Crippen LogP contribution in [0.1, 0.15) is 0 Å². The largest absolute Gasteiger partial charge is 0.314 e. The fourth-order valence-electron chi connectivity index (χ4n) is 0.615. The lowest BCUT2D eigenvalue weighted by atomic mass is 10.4. The quantitative estimate of drug-likeness (QED) is 0.611. The predicted molar refractivity (Wildman–Crippen MR) is 39.3 cm³/mol. The van der Waals surface area contributed by atoms with Crippen LogP contribution in [0.2, 0.25) is 0 Å². The highest BCUT2D eigenvalue weighted by atomic mass is 32.2. The molecule has 1 rings (SSSR count). The molecule has 0 radical (unpaired) electrons. The van der Waals surface area contributed by atoms with Crippen LogP contribution in [0.3, 0.4) is 0 Å². The molecule has 0 aliphatic rings. The molecule has 0 saturated carbocycles. The summed E-state index contributed by atoms with van der Waals surface area (Å²) in [5.41, 5.74) is 0. The third-order valence-electron chi connectivity index (χ3n) is 0.976. The van der Waals surface area contributed by atoms with E-state index in [4.69, 9.17) is 4.18 Å². The first-order valence-corrected chi connectivity index (χ1v) is 3.53. The topological polar surface area (TPSA) is 9.23 Å². The summed E-state index contributed by atoms with van der Waals surface area (Å²) in [6, 6.07) is 6.27. The zero-order valence-corrected chi connectivity index (χ0v) is 6.32. The van der Waals surface area contributed by atoms with Crippen molar-refractivity contribution < 1.29 is 8.57 Å². The van der Waals surface area contributed by atoms with Gasteiger partial charge in [-0.15, -0.1) is 0 Å². The molecule has 0 heterocycles. The fourth-order valence-corrected chi connectivity index (χ4v) is 1.10. The minimum atomic E-state index is -0.234. The molecule has 1 nitrogen and oxygen atoms in total. The van der Waals surface area contributed by atoms with Gasteiger partial charge in [-0.25, -0.2) is 4.39 Å². The molecule has 0 atom stereocenters. The lowest BCUT2D eigenvalue weighted by Crippen LogP contribution is -1.74. The van der Waals surface area contributed by atoms with Crippen LogP contribution in [-0.2, 0) is 4.18 Å². The zero-order chi connectivity index (χ0) is 7.40. The van der Waals surface area contributed by atoms with Crippen LogP contribution in [-0.4, -0.2) is 7.11 Å². The molecule has 1 aromatic rings. The van der Waals surface area contributed by atoms with E-state index in [0.717, 1.165) is 16.9 Å². The van der Waals surface area contributed by atoms with Gasteiger partial charge < -0.3 is 4.18 Å². The molecule has 0 amide bonds. The molecule has 0 saturated heterocycles. The Morgan fingerprint density at radius 3 is 2.90 bits per heavy atom. The Hall–Kier alpha value is -0.540. The Bertz CT molecular complexity index is 215. The Balaban J connectivity index is 2.75. The zero-order valence-electron chi connectivity index (χ0n) is 5.50. The molecule has 0 bridgehead atoms. The molecule has 0 spiro atoms. The molecule has 0 aromatic heterocycles. The van der Waals surface area contributed by atoms with Gasteiger partial charge in [0.2, 0.25) is 0 Å². The summed E-state index contributed by atoms with van der Waals surface area (Å²) in [5.74, 6) is -0.234. The Kier molecular flexibility index (Phi) is 2.71. The van der Waals surface area contributed by atoms with Crippen molar-refractivity contribution in [2.75, 3.05) is 7.11 Å². The monoisotopic (exact) mass is 158 g/mol. The molecule has 0 unspecified atom stereocenters. The Morgan fingerprint density at radius 1 is 1.50 bits per heavy atom. The molecule has 0 aliphatic heterocycles. The molecule has 54 valence electrons. The van der Waals surface area contributed by atoms with Gasteiger partial charge in [0.15, 0.2) is 0 Å². The number of rotatable bonds is 2. The van der Waals surface area contributed by atoms with Gasteiger partial charge in [-0.2, -0.15) is 0 Å². The molecule has 0 N–H and O–H groups in total. The van der Waals surface area contributed by atoms with E-state index >= 15 is 0 Å².